The van der Waals surface area contributed by atoms with Gasteiger partial charge in [0.2, 0.25) is 0 Å². The van der Waals surface area contributed by atoms with E-state index in [-0.39, 0.29) is 24.4 Å². The standard InChI is InChI=1S/C35H51N3O7/c1-8-38(27-19-17-26(18-20-27)37-36-25-15-11-9-12-16-25)21-24-39-22-13-10-14-23-40-28-29(31-33(2,3)45-35(6,7)43-31)41-32-30(28)42-34(4,5)44-32/h9,11-12,15-20,28-32H,8,10,13-14,21-24H2,1-7H3/t28-,29-,30-,31-,32+/m0/s1. The van der Waals surface area contributed by atoms with Crippen molar-refractivity contribution in [1.82, 2.24) is 0 Å². The third-order valence-electron chi connectivity index (χ3n) is 8.31. The van der Waals surface area contributed by atoms with Crippen molar-refractivity contribution >= 4 is 17.1 Å². The second-order valence-corrected chi connectivity index (χ2v) is 13.4. The van der Waals surface area contributed by atoms with E-state index in [0.717, 1.165) is 56.0 Å². The van der Waals surface area contributed by atoms with Crippen LogP contribution in [0.4, 0.5) is 17.1 Å². The van der Waals surface area contributed by atoms with Crippen molar-refractivity contribution in [3.05, 3.63) is 54.6 Å². The smallest absolute Gasteiger partial charge is 0.190 e. The van der Waals surface area contributed by atoms with Crippen molar-refractivity contribution in [3.63, 3.8) is 0 Å². The highest BCUT2D eigenvalue weighted by atomic mass is 16.8. The molecule has 45 heavy (non-hydrogen) atoms. The summed E-state index contributed by atoms with van der Waals surface area (Å²) in [6.07, 6.45) is 1.12. The zero-order valence-corrected chi connectivity index (χ0v) is 27.9. The van der Waals surface area contributed by atoms with Gasteiger partial charge in [0.15, 0.2) is 17.9 Å². The first-order valence-electron chi connectivity index (χ1n) is 16.4. The van der Waals surface area contributed by atoms with Gasteiger partial charge in [-0.3, -0.25) is 0 Å². The van der Waals surface area contributed by atoms with Crippen LogP contribution in [0.1, 0.15) is 67.7 Å². The highest BCUT2D eigenvalue weighted by Crippen LogP contribution is 2.46. The summed E-state index contributed by atoms with van der Waals surface area (Å²) in [5.41, 5.74) is 2.28. The van der Waals surface area contributed by atoms with E-state index in [1.807, 2.05) is 84.0 Å². The lowest BCUT2D eigenvalue weighted by atomic mass is 9.93. The SMILES string of the molecule is CCN(CCOCCCCCO[C@@H]1[C@@H]2OC(C)(C)O[C@H]2O[C@@H]1[C@@H]1OC(C)(C)OC1(C)C)c1ccc(N=Nc2ccccc2)cc1. The maximum absolute atomic E-state index is 6.44. The molecule has 0 saturated carbocycles. The van der Waals surface area contributed by atoms with E-state index in [9.17, 15) is 0 Å². The summed E-state index contributed by atoms with van der Waals surface area (Å²) in [7, 11) is 0. The van der Waals surface area contributed by atoms with Crippen molar-refractivity contribution in [2.75, 3.05) is 37.8 Å². The number of anilines is 1. The molecule has 0 amide bonds. The van der Waals surface area contributed by atoms with Crippen molar-refractivity contribution in [2.45, 2.75) is 116 Å². The van der Waals surface area contributed by atoms with Gasteiger partial charge >= 0.3 is 0 Å². The summed E-state index contributed by atoms with van der Waals surface area (Å²) in [6, 6.07) is 17.9. The fraction of sp³-hybridized carbons (Fsp3) is 0.657. The van der Waals surface area contributed by atoms with Gasteiger partial charge in [-0.15, -0.1) is 0 Å². The average Bonchev–Trinajstić information content (AvgIpc) is 3.56. The van der Waals surface area contributed by atoms with Crippen LogP contribution >= 0.6 is 0 Å². The number of hydrogen-bond acceptors (Lipinski definition) is 10. The maximum Gasteiger partial charge on any atom is 0.190 e. The number of azo groups is 1. The molecule has 0 N–H and O–H groups in total. The monoisotopic (exact) mass is 625 g/mol. The number of rotatable bonds is 15. The third kappa shape index (κ3) is 8.88. The molecule has 10 heteroatoms. The van der Waals surface area contributed by atoms with Crippen molar-refractivity contribution in [1.29, 1.82) is 0 Å². The van der Waals surface area contributed by atoms with Crippen LogP contribution in [0.5, 0.6) is 0 Å². The first-order valence-corrected chi connectivity index (χ1v) is 16.4. The largest absolute Gasteiger partial charge is 0.380 e. The van der Waals surface area contributed by atoms with Crippen LogP contribution in [0, 0.1) is 0 Å². The Morgan fingerprint density at radius 3 is 2.09 bits per heavy atom. The van der Waals surface area contributed by atoms with Gasteiger partial charge in [-0.1, -0.05) is 18.2 Å². The molecule has 0 radical (unpaired) electrons. The molecular formula is C35H51N3O7. The highest BCUT2D eigenvalue weighted by molar-refractivity contribution is 5.52. The van der Waals surface area contributed by atoms with E-state index in [1.54, 1.807) is 0 Å². The molecule has 3 saturated heterocycles. The molecule has 0 aliphatic carbocycles. The summed E-state index contributed by atoms with van der Waals surface area (Å²) in [5.74, 6) is -1.42. The van der Waals surface area contributed by atoms with Crippen LogP contribution in [0.25, 0.3) is 0 Å². The van der Waals surface area contributed by atoms with Gasteiger partial charge in [0.1, 0.15) is 24.4 Å². The molecule has 10 nitrogen and oxygen atoms in total. The lowest BCUT2D eigenvalue weighted by Gasteiger charge is -2.33. The Morgan fingerprint density at radius 2 is 1.42 bits per heavy atom. The Balaban J connectivity index is 1.00. The fourth-order valence-electron chi connectivity index (χ4n) is 6.35. The Bertz CT molecular complexity index is 1240. The molecule has 3 aliphatic heterocycles. The normalized spacial score (nSPS) is 28.1. The van der Waals surface area contributed by atoms with Crippen molar-refractivity contribution in [3.8, 4) is 0 Å². The minimum atomic E-state index is -0.716. The molecule has 3 aliphatic rings. The van der Waals surface area contributed by atoms with Crippen LogP contribution in [0.2, 0.25) is 0 Å². The Morgan fingerprint density at radius 1 is 0.733 bits per heavy atom. The molecular weight excluding hydrogens is 574 g/mol. The van der Waals surface area contributed by atoms with E-state index in [2.05, 4.69) is 34.2 Å². The van der Waals surface area contributed by atoms with E-state index in [0.29, 0.717) is 13.2 Å². The lowest BCUT2D eigenvalue weighted by Crippen LogP contribution is -2.50. The first-order chi connectivity index (χ1) is 21.5. The van der Waals surface area contributed by atoms with Gasteiger partial charge in [-0.25, -0.2) is 0 Å². The predicted molar refractivity (Wildman–Crippen MR) is 172 cm³/mol. The molecule has 248 valence electrons. The zero-order chi connectivity index (χ0) is 32.1. The number of likely N-dealkylation sites (N-methyl/N-ethyl adjacent to an activating group) is 1. The number of fused-ring (bicyclic) bond motifs is 1. The molecule has 0 aromatic heterocycles. The van der Waals surface area contributed by atoms with Gasteiger partial charge in [-0.05, 0) is 104 Å². The number of ether oxygens (including phenoxy) is 7. The topological polar surface area (TPSA) is 92.6 Å². The Hall–Kier alpha value is -2.44. The van der Waals surface area contributed by atoms with Gasteiger partial charge < -0.3 is 38.1 Å². The summed E-state index contributed by atoms with van der Waals surface area (Å²) < 4.78 is 43.5. The Labute approximate surface area is 268 Å². The molecule has 3 fully saturated rings. The molecule has 2 aromatic rings. The summed E-state index contributed by atoms with van der Waals surface area (Å²) in [5, 5.41) is 8.63. The minimum absolute atomic E-state index is 0.308. The summed E-state index contributed by atoms with van der Waals surface area (Å²) in [4.78, 5) is 2.30. The summed E-state index contributed by atoms with van der Waals surface area (Å²) >= 11 is 0. The van der Waals surface area contributed by atoms with Gasteiger partial charge in [0, 0.05) is 32.0 Å². The van der Waals surface area contributed by atoms with Crippen LogP contribution in [-0.2, 0) is 33.2 Å². The minimum Gasteiger partial charge on any atom is -0.380 e. The molecule has 2 aromatic carbocycles. The lowest BCUT2D eigenvalue weighted by molar-refractivity contribution is -0.237. The van der Waals surface area contributed by atoms with E-state index in [1.165, 1.54) is 0 Å². The second-order valence-electron chi connectivity index (χ2n) is 13.4. The van der Waals surface area contributed by atoms with E-state index < -0.39 is 23.5 Å². The van der Waals surface area contributed by atoms with Crippen LogP contribution in [-0.4, -0.2) is 80.8 Å². The molecule has 0 unspecified atom stereocenters. The summed E-state index contributed by atoms with van der Waals surface area (Å²) in [6.45, 7) is 17.6. The number of unbranched alkanes of at least 4 members (excludes halogenated alkanes) is 2. The van der Waals surface area contributed by atoms with Gasteiger partial charge in [0.25, 0.3) is 0 Å². The predicted octanol–water partition coefficient (Wildman–Crippen LogP) is 7.31. The fourth-order valence-corrected chi connectivity index (χ4v) is 6.35. The maximum atomic E-state index is 6.44. The number of hydrogen-bond donors (Lipinski definition) is 0. The highest BCUT2D eigenvalue weighted by Gasteiger charge is 2.62. The van der Waals surface area contributed by atoms with Crippen LogP contribution in [0.3, 0.4) is 0 Å². The molecule has 0 spiro atoms. The molecule has 5 rings (SSSR count). The van der Waals surface area contributed by atoms with Gasteiger partial charge in [0.05, 0.1) is 23.6 Å². The molecule has 3 heterocycles. The molecule has 0 bridgehead atoms. The zero-order valence-electron chi connectivity index (χ0n) is 27.9. The van der Waals surface area contributed by atoms with E-state index in [4.69, 9.17) is 33.2 Å². The Kier molecular flexibility index (Phi) is 11.0. The van der Waals surface area contributed by atoms with Crippen LogP contribution in [0.15, 0.2) is 64.8 Å². The quantitative estimate of drug-likeness (QED) is 0.150. The molecule has 5 atom stereocenters. The van der Waals surface area contributed by atoms with E-state index >= 15 is 0 Å². The first kappa shape index (κ1) is 33.9. The van der Waals surface area contributed by atoms with Crippen LogP contribution < -0.4 is 4.90 Å². The van der Waals surface area contributed by atoms with Crippen molar-refractivity contribution < 1.29 is 33.2 Å². The second kappa shape index (κ2) is 14.5. The van der Waals surface area contributed by atoms with Gasteiger partial charge in [-0.2, -0.15) is 10.2 Å². The van der Waals surface area contributed by atoms with Crippen molar-refractivity contribution in [2.24, 2.45) is 10.2 Å². The third-order valence-corrected chi connectivity index (χ3v) is 8.31. The number of benzene rings is 2. The number of nitrogens with zero attached hydrogens (tertiary/aromatic N) is 3. The average molecular weight is 626 g/mol.